The van der Waals surface area contributed by atoms with Gasteiger partial charge in [-0.15, -0.1) is 0 Å². The van der Waals surface area contributed by atoms with Gasteiger partial charge in [-0.1, -0.05) is 40.2 Å². The van der Waals surface area contributed by atoms with Gasteiger partial charge in [0.15, 0.2) is 0 Å². The number of hydrogen-bond acceptors (Lipinski definition) is 2. The Labute approximate surface area is 134 Å². The zero-order valence-electron chi connectivity index (χ0n) is 12.2. The zero-order chi connectivity index (χ0) is 14.8. The van der Waals surface area contributed by atoms with Crippen molar-refractivity contribution in [3.8, 4) is 5.75 Å². The molecule has 0 radical (unpaired) electrons. The molecule has 0 aliphatic heterocycles. The van der Waals surface area contributed by atoms with Gasteiger partial charge >= 0.3 is 0 Å². The van der Waals surface area contributed by atoms with E-state index in [1.54, 1.807) is 0 Å². The van der Waals surface area contributed by atoms with Gasteiger partial charge in [0.05, 0.1) is 6.61 Å². The summed E-state index contributed by atoms with van der Waals surface area (Å²) in [6.07, 6.45) is 1.97. The molecule has 0 saturated carbocycles. The third kappa shape index (κ3) is 2.99. The van der Waals surface area contributed by atoms with Crippen molar-refractivity contribution in [3.63, 3.8) is 0 Å². The van der Waals surface area contributed by atoms with Crippen LogP contribution in [0.5, 0.6) is 5.75 Å². The molecule has 1 atom stereocenters. The standard InChI is InChI=1S/C18H20BrNO/c1-12-8-16(19)10-14(6-7-20)18(12)21-11-15-9-13-4-2-3-5-17(13)15/h2-5,8,10,15H,6-7,9,11,20H2,1H3. The first-order valence-corrected chi connectivity index (χ1v) is 8.18. The molecule has 0 amide bonds. The van der Waals surface area contributed by atoms with E-state index in [2.05, 4.69) is 59.3 Å². The lowest BCUT2D eigenvalue weighted by Crippen LogP contribution is -2.23. The molecule has 0 fully saturated rings. The number of benzene rings is 2. The van der Waals surface area contributed by atoms with Crippen LogP contribution in [0.2, 0.25) is 0 Å². The first kappa shape index (κ1) is 14.6. The van der Waals surface area contributed by atoms with E-state index < -0.39 is 0 Å². The van der Waals surface area contributed by atoms with Crippen molar-refractivity contribution in [2.24, 2.45) is 5.73 Å². The Balaban J connectivity index is 1.74. The summed E-state index contributed by atoms with van der Waals surface area (Å²) >= 11 is 3.55. The van der Waals surface area contributed by atoms with Crippen LogP contribution in [0, 0.1) is 6.92 Å². The molecule has 0 heterocycles. The average Bonchev–Trinajstić information content (AvgIpc) is 2.42. The van der Waals surface area contributed by atoms with Crippen molar-refractivity contribution in [1.82, 2.24) is 0 Å². The Morgan fingerprint density at radius 3 is 2.86 bits per heavy atom. The van der Waals surface area contributed by atoms with E-state index >= 15 is 0 Å². The van der Waals surface area contributed by atoms with Crippen molar-refractivity contribution in [3.05, 3.63) is 63.1 Å². The minimum Gasteiger partial charge on any atom is -0.492 e. The lowest BCUT2D eigenvalue weighted by Gasteiger charge is -2.30. The fraction of sp³-hybridized carbons (Fsp3) is 0.333. The van der Waals surface area contributed by atoms with Crippen molar-refractivity contribution >= 4 is 15.9 Å². The van der Waals surface area contributed by atoms with Gasteiger partial charge in [0, 0.05) is 10.4 Å². The number of nitrogens with two attached hydrogens (primary N) is 1. The molecule has 1 aliphatic rings. The fourth-order valence-corrected chi connectivity index (χ4v) is 3.66. The highest BCUT2D eigenvalue weighted by Crippen LogP contribution is 2.36. The maximum Gasteiger partial charge on any atom is 0.125 e. The van der Waals surface area contributed by atoms with Crippen LogP contribution in [-0.2, 0) is 12.8 Å². The number of aryl methyl sites for hydroxylation is 1. The largest absolute Gasteiger partial charge is 0.492 e. The molecule has 0 aromatic heterocycles. The quantitative estimate of drug-likeness (QED) is 0.889. The molecule has 3 rings (SSSR count). The second-order valence-electron chi connectivity index (χ2n) is 5.66. The number of fused-ring (bicyclic) bond motifs is 1. The summed E-state index contributed by atoms with van der Waals surface area (Å²) in [5.41, 5.74) is 11.0. The Kier molecular flexibility index (Phi) is 4.32. The van der Waals surface area contributed by atoms with Gasteiger partial charge < -0.3 is 10.5 Å². The highest BCUT2D eigenvalue weighted by Gasteiger charge is 2.26. The van der Waals surface area contributed by atoms with Crippen LogP contribution in [0.25, 0.3) is 0 Å². The van der Waals surface area contributed by atoms with E-state index in [1.807, 2.05) is 0 Å². The highest BCUT2D eigenvalue weighted by atomic mass is 79.9. The molecule has 2 aromatic carbocycles. The first-order chi connectivity index (χ1) is 10.2. The van der Waals surface area contributed by atoms with Crippen LogP contribution < -0.4 is 10.5 Å². The molecule has 1 unspecified atom stereocenters. The van der Waals surface area contributed by atoms with Crippen molar-refractivity contribution < 1.29 is 4.74 Å². The second-order valence-corrected chi connectivity index (χ2v) is 6.58. The van der Waals surface area contributed by atoms with E-state index in [4.69, 9.17) is 10.5 Å². The minimum atomic E-state index is 0.523. The summed E-state index contributed by atoms with van der Waals surface area (Å²) in [6, 6.07) is 12.8. The molecule has 2 nitrogen and oxygen atoms in total. The van der Waals surface area contributed by atoms with E-state index in [0.717, 1.165) is 29.7 Å². The molecule has 2 N–H and O–H groups in total. The fourth-order valence-electron chi connectivity index (χ4n) is 3.04. The van der Waals surface area contributed by atoms with E-state index in [0.29, 0.717) is 12.5 Å². The predicted octanol–water partition coefficient (Wildman–Crippen LogP) is 3.98. The van der Waals surface area contributed by atoms with E-state index in [1.165, 1.54) is 22.3 Å². The van der Waals surface area contributed by atoms with E-state index in [9.17, 15) is 0 Å². The van der Waals surface area contributed by atoms with Gasteiger partial charge in [-0.05, 0) is 60.7 Å². The summed E-state index contributed by atoms with van der Waals surface area (Å²) < 4.78 is 7.25. The lowest BCUT2D eigenvalue weighted by atomic mass is 9.78. The Morgan fingerprint density at radius 1 is 1.29 bits per heavy atom. The topological polar surface area (TPSA) is 35.2 Å². The van der Waals surface area contributed by atoms with Gasteiger partial charge in [0.1, 0.15) is 5.75 Å². The first-order valence-electron chi connectivity index (χ1n) is 7.38. The van der Waals surface area contributed by atoms with Crippen molar-refractivity contribution in [2.75, 3.05) is 13.2 Å². The summed E-state index contributed by atoms with van der Waals surface area (Å²) in [7, 11) is 0. The van der Waals surface area contributed by atoms with Gasteiger partial charge in [-0.3, -0.25) is 0 Å². The monoisotopic (exact) mass is 345 g/mol. The molecular weight excluding hydrogens is 326 g/mol. The zero-order valence-corrected chi connectivity index (χ0v) is 13.8. The molecule has 3 heteroatoms. The molecule has 0 saturated heterocycles. The molecule has 110 valence electrons. The summed E-state index contributed by atoms with van der Waals surface area (Å²) in [6.45, 7) is 3.48. The predicted molar refractivity (Wildman–Crippen MR) is 90.0 cm³/mol. The number of hydrogen-bond donors (Lipinski definition) is 1. The maximum atomic E-state index is 6.16. The smallest absolute Gasteiger partial charge is 0.125 e. The highest BCUT2D eigenvalue weighted by molar-refractivity contribution is 9.10. The SMILES string of the molecule is Cc1cc(Br)cc(CCN)c1OCC1Cc2ccccc21. The van der Waals surface area contributed by atoms with Crippen LogP contribution in [0.3, 0.4) is 0 Å². The summed E-state index contributed by atoms with van der Waals surface area (Å²) in [4.78, 5) is 0. The van der Waals surface area contributed by atoms with Crippen LogP contribution in [0.4, 0.5) is 0 Å². The number of halogens is 1. The lowest BCUT2D eigenvalue weighted by molar-refractivity contribution is 0.271. The van der Waals surface area contributed by atoms with Gasteiger partial charge in [-0.25, -0.2) is 0 Å². The molecule has 2 aromatic rings. The van der Waals surface area contributed by atoms with Crippen molar-refractivity contribution in [1.29, 1.82) is 0 Å². The third-order valence-corrected chi connectivity index (χ3v) is 4.58. The molecular formula is C18H20BrNO. The van der Waals surface area contributed by atoms with Gasteiger partial charge in [0.2, 0.25) is 0 Å². The summed E-state index contributed by atoms with van der Waals surface area (Å²) in [5.74, 6) is 1.53. The molecule has 0 bridgehead atoms. The van der Waals surface area contributed by atoms with Crippen LogP contribution in [-0.4, -0.2) is 13.2 Å². The van der Waals surface area contributed by atoms with Gasteiger partial charge in [-0.2, -0.15) is 0 Å². The van der Waals surface area contributed by atoms with Crippen LogP contribution in [0.15, 0.2) is 40.9 Å². The maximum absolute atomic E-state index is 6.16. The normalized spacial score (nSPS) is 16.2. The van der Waals surface area contributed by atoms with Crippen molar-refractivity contribution in [2.45, 2.75) is 25.7 Å². The number of ether oxygens (including phenoxy) is 1. The Bertz CT molecular complexity index is 654. The number of rotatable bonds is 5. The van der Waals surface area contributed by atoms with Crippen LogP contribution in [0.1, 0.15) is 28.2 Å². The minimum absolute atomic E-state index is 0.523. The van der Waals surface area contributed by atoms with Gasteiger partial charge in [0.25, 0.3) is 0 Å². The average molecular weight is 346 g/mol. The Morgan fingerprint density at radius 2 is 2.10 bits per heavy atom. The Hall–Kier alpha value is -1.32. The third-order valence-electron chi connectivity index (χ3n) is 4.12. The van der Waals surface area contributed by atoms with E-state index in [-0.39, 0.29) is 0 Å². The molecule has 21 heavy (non-hydrogen) atoms. The molecule has 1 aliphatic carbocycles. The van der Waals surface area contributed by atoms with Crippen LogP contribution >= 0.6 is 15.9 Å². The summed E-state index contributed by atoms with van der Waals surface area (Å²) in [5, 5.41) is 0. The second kappa shape index (κ2) is 6.20. The molecule has 0 spiro atoms.